The van der Waals surface area contributed by atoms with Crippen LogP contribution in [-0.2, 0) is 4.79 Å². The molecule has 3 atom stereocenters. The lowest BCUT2D eigenvalue weighted by Crippen LogP contribution is -2.52. The van der Waals surface area contributed by atoms with E-state index in [1.54, 1.807) is 7.11 Å². The molecular weight excluding hydrogens is 576 g/mol. The Morgan fingerprint density at radius 1 is 1.02 bits per heavy atom. The van der Waals surface area contributed by atoms with Gasteiger partial charge in [-0.3, -0.25) is 9.59 Å². The fourth-order valence-electron chi connectivity index (χ4n) is 8.20. The number of benzene rings is 2. The van der Waals surface area contributed by atoms with Crippen LogP contribution < -0.4 is 14.4 Å². The lowest BCUT2D eigenvalue weighted by Gasteiger charge is -2.53. The number of piperidine rings is 2. The number of hydrogen-bond donors (Lipinski definition) is 1. The number of allylic oxidation sites excluding steroid dienone is 4. The molecule has 46 heavy (non-hydrogen) atoms. The summed E-state index contributed by atoms with van der Waals surface area (Å²) in [5, 5.41) is 9.43. The molecule has 0 aromatic heterocycles. The van der Waals surface area contributed by atoms with Gasteiger partial charge < -0.3 is 24.4 Å². The SMILES string of the molecule is COc1ccc(C(=O)N2CC(C)(C)CC3(C)C2=CC=CC3C)c(N2CCC(COc3cccc(C(CC(=O)O)C4CC4)c3)CC2)c1. The molecule has 3 unspecified atom stereocenters. The number of carbonyl (C=O) groups excluding carboxylic acids is 1. The van der Waals surface area contributed by atoms with E-state index in [0.29, 0.717) is 30.9 Å². The van der Waals surface area contributed by atoms with Crippen molar-refractivity contribution in [2.75, 3.05) is 38.3 Å². The lowest BCUT2D eigenvalue weighted by molar-refractivity contribution is -0.137. The molecule has 7 heteroatoms. The Balaban J connectivity index is 1.15. The first-order valence-corrected chi connectivity index (χ1v) is 17.1. The van der Waals surface area contributed by atoms with E-state index in [9.17, 15) is 14.7 Å². The molecule has 2 aliphatic heterocycles. The Hall–Kier alpha value is -3.74. The summed E-state index contributed by atoms with van der Waals surface area (Å²) in [6.07, 6.45) is 11.9. The highest BCUT2D eigenvalue weighted by Gasteiger charge is 2.49. The first-order valence-electron chi connectivity index (χ1n) is 17.1. The van der Waals surface area contributed by atoms with Gasteiger partial charge in [0.15, 0.2) is 0 Å². The van der Waals surface area contributed by atoms with Crippen molar-refractivity contribution in [3.8, 4) is 11.5 Å². The van der Waals surface area contributed by atoms with Gasteiger partial charge in [0.05, 0.1) is 31.4 Å². The molecule has 2 aromatic carbocycles. The number of ether oxygens (including phenoxy) is 2. The molecule has 2 heterocycles. The number of anilines is 1. The van der Waals surface area contributed by atoms with E-state index in [2.05, 4.69) is 50.8 Å². The van der Waals surface area contributed by atoms with Crippen LogP contribution in [0, 0.1) is 28.6 Å². The minimum Gasteiger partial charge on any atom is -0.497 e. The number of methoxy groups -OCH3 is 1. The number of nitrogens with zero attached hydrogens (tertiary/aromatic N) is 2. The molecule has 1 saturated carbocycles. The maximum atomic E-state index is 14.5. The molecule has 0 radical (unpaired) electrons. The van der Waals surface area contributed by atoms with Crippen molar-refractivity contribution >= 4 is 17.6 Å². The molecule has 2 aromatic rings. The van der Waals surface area contributed by atoms with Gasteiger partial charge in [0.25, 0.3) is 5.91 Å². The number of amides is 1. The van der Waals surface area contributed by atoms with Crippen molar-refractivity contribution < 1.29 is 24.2 Å². The van der Waals surface area contributed by atoms with Crippen LogP contribution in [0.5, 0.6) is 11.5 Å². The zero-order valence-electron chi connectivity index (χ0n) is 28.1. The fourth-order valence-corrected chi connectivity index (χ4v) is 8.20. The highest BCUT2D eigenvalue weighted by Crippen LogP contribution is 2.53. The number of carbonyl (C=O) groups is 2. The highest BCUT2D eigenvalue weighted by molar-refractivity contribution is 6.01. The van der Waals surface area contributed by atoms with E-state index in [1.165, 1.54) is 0 Å². The molecule has 2 aliphatic carbocycles. The average molecular weight is 627 g/mol. The van der Waals surface area contributed by atoms with E-state index in [-0.39, 0.29) is 29.1 Å². The van der Waals surface area contributed by atoms with Gasteiger partial charge >= 0.3 is 5.97 Å². The van der Waals surface area contributed by atoms with Gasteiger partial charge in [-0.05, 0) is 97.1 Å². The quantitative estimate of drug-likeness (QED) is 0.289. The number of aliphatic carboxylic acids is 1. The third-order valence-electron chi connectivity index (χ3n) is 11.0. The average Bonchev–Trinajstić information content (AvgIpc) is 3.88. The predicted molar refractivity (Wildman–Crippen MR) is 182 cm³/mol. The van der Waals surface area contributed by atoms with Crippen LogP contribution >= 0.6 is 0 Å². The molecule has 0 spiro atoms. The number of likely N-dealkylation sites (tertiary alicyclic amines) is 1. The summed E-state index contributed by atoms with van der Waals surface area (Å²) < 4.78 is 11.9. The van der Waals surface area contributed by atoms with Gasteiger partial charge in [-0.25, -0.2) is 0 Å². The summed E-state index contributed by atoms with van der Waals surface area (Å²) in [6.45, 7) is 12.1. The first-order chi connectivity index (χ1) is 22.0. The summed E-state index contributed by atoms with van der Waals surface area (Å²) in [4.78, 5) is 30.4. The van der Waals surface area contributed by atoms with Crippen LogP contribution in [-0.4, -0.2) is 55.2 Å². The standard InChI is InChI=1S/C39H50N2O5/c1-26-8-6-11-35-39(26,4)24-38(2,3)25-41(35)37(44)32-15-14-30(45-5)21-34(32)40-18-16-27(17-19-40)23-46-31-10-7-9-29(20-31)33(22-36(42)43)28-12-13-28/h6-11,14-15,20-21,26-28,33H,12-13,16-19,22-25H2,1-5H3,(H,42,43). The molecule has 1 N–H and O–H groups in total. The summed E-state index contributed by atoms with van der Waals surface area (Å²) in [5.41, 5.74) is 3.76. The molecule has 2 saturated heterocycles. The zero-order chi connectivity index (χ0) is 32.6. The van der Waals surface area contributed by atoms with E-state index >= 15 is 0 Å². The van der Waals surface area contributed by atoms with Crippen molar-refractivity contribution in [1.82, 2.24) is 4.90 Å². The van der Waals surface area contributed by atoms with Crippen molar-refractivity contribution in [2.45, 2.75) is 72.1 Å². The van der Waals surface area contributed by atoms with Crippen LogP contribution in [0.1, 0.15) is 88.1 Å². The van der Waals surface area contributed by atoms with Crippen molar-refractivity contribution in [1.29, 1.82) is 0 Å². The van der Waals surface area contributed by atoms with Crippen molar-refractivity contribution in [3.63, 3.8) is 0 Å². The minimum absolute atomic E-state index is 0.000749. The van der Waals surface area contributed by atoms with Gasteiger partial charge in [0.1, 0.15) is 11.5 Å². The fraction of sp³-hybridized carbons (Fsp3) is 0.538. The number of hydrogen-bond acceptors (Lipinski definition) is 5. The summed E-state index contributed by atoms with van der Waals surface area (Å²) in [5.74, 6) is 2.15. The second-order valence-corrected chi connectivity index (χ2v) is 15.1. The Morgan fingerprint density at radius 3 is 2.48 bits per heavy atom. The third kappa shape index (κ3) is 6.70. The third-order valence-corrected chi connectivity index (χ3v) is 11.0. The Bertz CT molecular complexity index is 1520. The summed E-state index contributed by atoms with van der Waals surface area (Å²) in [7, 11) is 1.67. The van der Waals surface area contributed by atoms with Crippen molar-refractivity contribution in [3.05, 3.63) is 77.5 Å². The van der Waals surface area contributed by atoms with E-state index in [4.69, 9.17) is 9.47 Å². The van der Waals surface area contributed by atoms with Gasteiger partial charge in [-0.1, -0.05) is 52.0 Å². The maximum absolute atomic E-state index is 14.5. The van der Waals surface area contributed by atoms with Crippen LogP contribution in [0.2, 0.25) is 0 Å². The predicted octanol–water partition coefficient (Wildman–Crippen LogP) is 7.93. The molecule has 0 bridgehead atoms. The minimum atomic E-state index is -0.744. The highest BCUT2D eigenvalue weighted by atomic mass is 16.5. The van der Waals surface area contributed by atoms with Crippen LogP contribution in [0.25, 0.3) is 0 Å². The van der Waals surface area contributed by atoms with E-state index in [0.717, 1.165) is 79.2 Å². The van der Waals surface area contributed by atoms with Crippen LogP contribution in [0.3, 0.4) is 0 Å². The van der Waals surface area contributed by atoms with E-state index in [1.807, 2.05) is 47.4 Å². The second-order valence-electron chi connectivity index (χ2n) is 15.1. The Morgan fingerprint density at radius 2 is 1.78 bits per heavy atom. The number of carboxylic acid groups (broad SMARTS) is 1. The number of rotatable bonds is 10. The van der Waals surface area contributed by atoms with Crippen LogP contribution in [0.4, 0.5) is 5.69 Å². The van der Waals surface area contributed by atoms with E-state index < -0.39 is 5.97 Å². The first kappa shape index (κ1) is 32.2. The van der Waals surface area contributed by atoms with Crippen LogP contribution in [0.15, 0.2) is 66.4 Å². The number of carboxylic acids is 1. The second kappa shape index (κ2) is 12.8. The normalized spacial score (nSPS) is 25.0. The Kier molecular flexibility index (Phi) is 8.97. The molecule has 4 aliphatic rings. The molecule has 246 valence electrons. The molecule has 1 amide bonds. The monoisotopic (exact) mass is 626 g/mol. The van der Waals surface area contributed by atoms with Crippen molar-refractivity contribution in [2.24, 2.45) is 28.6 Å². The maximum Gasteiger partial charge on any atom is 0.303 e. The summed E-state index contributed by atoms with van der Waals surface area (Å²) >= 11 is 0. The summed E-state index contributed by atoms with van der Waals surface area (Å²) in [6, 6.07) is 13.9. The number of fused-ring (bicyclic) bond motifs is 1. The molecular formula is C39H50N2O5. The Labute approximate surface area is 274 Å². The van der Waals surface area contributed by atoms with Gasteiger partial charge in [0, 0.05) is 36.8 Å². The van der Waals surface area contributed by atoms with Gasteiger partial charge in [-0.2, -0.15) is 0 Å². The smallest absolute Gasteiger partial charge is 0.303 e. The molecule has 6 rings (SSSR count). The topological polar surface area (TPSA) is 79.3 Å². The lowest BCUT2D eigenvalue weighted by atomic mass is 9.61. The van der Waals surface area contributed by atoms with Gasteiger partial charge in [-0.15, -0.1) is 0 Å². The van der Waals surface area contributed by atoms with Gasteiger partial charge in [0.2, 0.25) is 0 Å². The molecule has 3 fully saturated rings. The largest absolute Gasteiger partial charge is 0.497 e. The zero-order valence-corrected chi connectivity index (χ0v) is 28.1. The molecule has 7 nitrogen and oxygen atoms in total.